The number of benzene rings is 2. The number of tetrazole rings is 1. The zero-order chi connectivity index (χ0) is 19.0. The summed E-state index contributed by atoms with van der Waals surface area (Å²) in [6, 6.07) is 12.1. The van der Waals surface area contributed by atoms with Crippen molar-refractivity contribution in [2.24, 2.45) is 0 Å². The number of allylic oxidation sites excluding steroid dienone is 1. The molecule has 0 unspecified atom stereocenters. The van der Waals surface area contributed by atoms with E-state index >= 15 is 0 Å². The predicted molar refractivity (Wildman–Crippen MR) is 98.8 cm³/mol. The lowest BCUT2D eigenvalue weighted by molar-refractivity contribution is -0.113. The second kappa shape index (κ2) is 6.81. The van der Waals surface area contributed by atoms with Crippen LogP contribution in [0.1, 0.15) is 18.5 Å². The van der Waals surface area contributed by atoms with Crippen LogP contribution in [0, 0.1) is 5.82 Å². The molecule has 1 atom stereocenters. The van der Waals surface area contributed by atoms with E-state index in [9.17, 15) is 9.18 Å². The standard InChI is InChI=1S/C18H14ClFN6O/c1-10-15(17(27)22-14-7-5-12(19)6-8-14)16(11-3-2-4-13(20)9-11)26-18(21-10)23-24-25-26/h2-9,16H,1H3,(H,22,27)(H,21,23,25)/t16-/m1/s1. The van der Waals surface area contributed by atoms with Crippen LogP contribution in [0.15, 0.2) is 59.8 Å². The van der Waals surface area contributed by atoms with E-state index in [1.54, 1.807) is 43.3 Å². The number of hydrogen-bond donors (Lipinski definition) is 2. The van der Waals surface area contributed by atoms with Gasteiger partial charge < -0.3 is 10.6 Å². The molecule has 1 aliphatic rings. The first-order chi connectivity index (χ1) is 13.0. The molecule has 2 heterocycles. The Balaban J connectivity index is 1.76. The Morgan fingerprint density at radius 3 is 2.78 bits per heavy atom. The molecular weight excluding hydrogens is 371 g/mol. The molecule has 0 saturated heterocycles. The first-order valence-electron chi connectivity index (χ1n) is 8.11. The van der Waals surface area contributed by atoms with Crippen molar-refractivity contribution in [3.05, 3.63) is 76.2 Å². The van der Waals surface area contributed by atoms with Gasteiger partial charge in [-0.1, -0.05) is 28.8 Å². The number of anilines is 2. The summed E-state index contributed by atoms with van der Waals surface area (Å²) in [5.74, 6) is -0.377. The highest BCUT2D eigenvalue weighted by molar-refractivity contribution is 6.30. The minimum atomic E-state index is -0.667. The number of halogens is 2. The maximum Gasteiger partial charge on any atom is 0.255 e. The van der Waals surface area contributed by atoms with Crippen molar-refractivity contribution < 1.29 is 9.18 Å². The molecule has 4 rings (SSSR count). The third kappa shape index (κ3) is 3.26. The van der Waals surface area contributed by atoms with Gasteiger partial charge in [-0.3, -0.25) is 4.79 Å². The second-order valence-electron chi connectivity index (χ2n) is 6.03. The van der Waals surface area contributed by atoms with Crippen molar-refractivity contribution in [3.8, 4) is 0 Å². The highest BCUT2D eigenvalue weighted by Gasteiger charge is 2.34. The molecule has 7 nitrogen and oxygen atoms in total. The number of aromatic nitrogens is 4. The van der Waals surface area contributed by atoms with Crippen LogP contribution in [0.5, 0.6) is 0 Å². The summed E-state index contributed by atoms with van der Waals surface area (Å²) in [4.78, 5) is 13.0. The zero-order valence-corrected chi connectivity index (χ0v) is 14.9. The molecule has 3 aromatic rings. The molecule has 0 spiro atoms. The van der Waals surface area contributed by atoms with E-state index in [4.69, 9.17) is 11.6 Å². The van der Waals surface area contributed by atoms with Gasteiger partial charge in [-0.15, -0.1) is 0 Å². The summed E-state index contributed by atoms with van der Waals surface area (Å²) in [6.07, 6.45) is 0. The van der Waals surface area contributed by atoms with E-state index in [0.717, 1.165) is 0 Å². The molecule has 0 aliphatic carbocycles. The van der Waals surface area contributed by atoms with Gasteiger partial charge in [-0.05, 0) is 59.3 Å². The van der Waals surface area contributed by atoms with Gasteiger partial charge in [-0.2, -0.15) is 4.68 Å². The van der Waals surface area contributed by atoms with Crippen LogP contribution < -0.4 is 10.6 Å². The number of nitrogens with zero attached hydrogens (tertiary/aromatic N) is 4. The molecule has 0 bridgehead atoms. The molecule has 136 valence electrons. The molecular formula is C18H14ClFN6O. The molecule has 2 aromatic carbocycles. The van der Waals surface area contributed by atoms with E-state index in [-0.39, 0.29) is 5.91 Å². The van der Waals surface area contributed by atoms with Crippen LogP contribution in [0.2, 0.25) is 5.02 Å². The molecule has 1 aromatic heterocycles. The fraction of sp³-hybridized carbons (Fsp3) is 0.111. The maximum absolute atomic E-state index is 13.8. The number of amides is 1. The van der Waals surface area contributed by atoms with Crippen molar-refractivity contribution in [1.29, 1.82) is 0 Å². The Hall–Kier alpha value is -3.26. The SMILES string of the molecule is CC1=C(C(=O)Nc2ccc(Cl)cc2)[C@@H](c2cccc(F)c2)n2nnnc2N1. The number of carbonyl (C=O) groups is 1. The smallest absolute Gasteiger partial charge is 0.255 e. The number of nitrogens with one attached hydrogen (secondary N) is 2. The normalized spacial score (nSPS) is 15.9. The Labute approximate surface area is 158 Å². The van der Waals surface area contributed by atoms with Crippen molar-refractivity contribution in [2.45, 2.75) is 13.0 Å². The van der Waals surface area contributed by atoms with Gasteiger partial charge in [0, 0.05) is 16.4 Å². The molecule has 1 amide bonds. The lowest BCUT2D eigenvalue weighted by Crippen LogP contribution is -2.31. The van der Waals surface area contributed by atoms with Crippen LogP contribution in [-0.2, 0) is 4.79 Å². The van der Waals surface area contributed by atoms with Crippen molar-refractivity contribution >= 4 is 29.1 Å². The van der Waals surface area contributed by atoms with E-state index in [1.165, 1.54) is 16.8 Å². The van der Waals surface area contributed by atoms with Gasteiger partial charge >= 0.3 is 0 Å². The lowest BCUT2D eigenvalue weighted by atomic mass is 9.95. The van der Waals surface area contributed by atoms with Gasteiger partial charge in [0.1, 0.15) is 11.9 Å². The third-order valence-corrected chi connectivity index (χ3v) is 4.48. The summed E-state index contributed by atoms with van der Waals surface area (Å²) < 4.78 is 15.3. The molecule has 0 radical (unpaired) electrons. The van der Waals surface area contributed by atoms with Crippen LogP contribution in [0.4, 0.5) is 16.0 Å². The van der Waals surface area contributed by atoms with Crippen LogP contribution in [0.3, 0.4) is 0 Å². The maximum atomic E-state index is 13.8. The molecule has 0 fully saturated rings. The van der Waals surface area contributed by atoms with Gasteiger partial charge in [0.2, 0.25) is 5.95 Å². The minimum absolute atomic E-state index is 0.349. The Morgan fingerprint density at radius 1 is 1.26 bits per heavy atom. The highest BCUT2D eigenvalue weighted by Crippen LogP contribution is 2.35. The van der Waals surface area contributed by atoms with Crippen molar-refractivity contribution in [2.75, 3.05) is 10.6 Å². The van der Waals surface area contributed by atoms with Gasteiger partial charge in [-0.25, -0.2) is 4.39 Å². The largest absolute Gasteiger partial charge is 0.326 e. The number of hydrogen-bond acceptors (Lipinski definition) is 5. The summed E-state index contributed by atoms with van der Waals surface area (Å²) in [5.41, 5.74) is 2.12. The number of carbonyl (C=O) groups excluding carboxylic acids is 1. The fourth-order valence-corrected chi connectivity index (χ4v) is 3.15. The van der Waals surface area contributed by atoms with Gasteiger partial charge in [0.05, 0.1) is 5.57 Å². The van der Waals surface area contributed by atoms with Crippen molar-refractivity contribution in [3.63, 3.8) is 0 Å². The van der Waals surface area contributed by atoms with E-state index in [2.05, 4.69) is 26.2 Å². The second-order valence-corrected chi connectivity index (χ2v) is 6.47. The minimum Gasteiger partial charge on any atom is -0.326 e. The Bertz CT molecular complexity index is 1050. The first-order valence-corrected chi connectivity index (χ1v) is 8.49. The average molecular weight is 385 g/mol. The van der Waals surface area contributed by atoms with Gasteiger partial charge in [0.15, 0.2) is 0 Å². The highest BCUT2D eigenvalue weighted by atomic mass is 35.5. The predicted octanol–water partition coefficient (Wildman–Crippen LogP) is 3.39. The zero-order valence-electron chi connectivity index (χ0n) is 14.1. The van der Waals surface area contributed by atoms with Crippen LogP contribution >= 0.6 is 11.6 Å². The van der Waals surface area contributed by atoms with Crippen molar-refractivity contribution in [1.82, 2.24) is 20.2 Å². The number of fused-ring (bicyclic) bond motifs is 1. The lowest BCUT2D eigenvalue weighted by Gasteiger charge is -2.28. The molecule has 2 N–H and O–H groups in total. The van der Waals surface area contributed by atoms with E-state index in [1.807, 2.05) is 0 Å². The summed E-state index contributed by atoms with van der Waals surface area (Å²) in [7, 11) is 0. The van der Waals surface area contributed by atoms with E-state index in [0.29, 0.717) is 33.5 Å². The Kier molecular flexibility index (Phi) is 4.33. The molecule has 27 heavy (non-hydrogen) atoms. The summed E-state index contributed by atoms with van der Waals surface area (Å²) in [6.45, 7) is 1.75. The topological polar surface area (TPSA) is 84.7 Å². The monoisotopic (exact) mass is 384 g/mol. The van der Waals surface area contributed by atoms with Gasteiger partial charge in [0.25, 0.3) is 5.91 Å². The third-order valence-electron chi connectivity index (χ3n) is 4.23. The first kappa shape index (κ1) is 17.2. The molecule has 9 heteroatoms. The average Bonchev–Trinajstić information content (AvgIpc) is 3.10. The molecule has 0 saturated carbocycles. The fourth-order valence-electron chi connectivity index (χ4n) is 3.02. The van der Waals surface area contributed by atoms with Crippen LogP contribution in [-0.4, -0.2) is 26.1 Å². The Morgan fingerprint density at radius 2 is 2.04 bits per heavy atom. The number of rotatable bonds is 3. The summed E-state index contributed by atoms with van der Waals surface area (Å²) in [5, 5.41) is 18.0. The summed E-state index contributed by atoms with van der Waals surface area (Å²) >= 11 is 5.89. The van der Waals surface area contributed by atoms with E-state index < -0.39 is 11.9 Å². The van der Waals surface area contributed by atoms with Crippen LogP contribution in [0.25, 0.3) is 0 Å². The molecule has 1 aliphatic heterocycles. The quantitative estimate of drug-likeness (QED) is 0.723.